The molecule has 2 amide bonds. The Morgan fingerprint density at radius 1 is 0.927 bits per heavy atom. The van der Waals surface area contributed by atoms with Crippen LogP contribution in [0.5, 0.6) is 0 Å². The normalized spacial score (nSPS) is 12.8. The van der Waals surface area contributed by atoms with Gasteiger partial charge in [-0.15, -0.1) is 9.83 Å². The number of carbonyl (C=O) groups excluding carboxylic acids is 2. The van der Waals surface area contributed by atoms with Crippen molar-refractivity contribution in [2.24, 2.45) is 0 Å². The molecule has 47 heteroatoms. The molecule has 0 spiro atoms. The number of cyclic esters (lactones) is 2. The number of hydrogen-bond donors (Lipinski definition) is 0. The number of rotatable bonds is 6. The molecule has 2 aliphatic heterocycles. The maximum atomic E-state index is 12.5. The van der Waals surface area contributed by atoms with E-state index in [4.69, 9.17) is 20.5 Å². The standard InChI is InChI=1S/C10H15N6O.C7H9BrN.C6H9BrNS.C6H8ClN2O5P.C5H13FN2.CH4.BClOP.2BF3.F6P.4FH/c1-13(2)10(14(3)4)15-8-6-5-7-11-9(8)16(17)12-15;1-2-9-6-4-3-5-7(9)8;1-3-8-5(2)4-9-6(8)7;7-15(12,8-1-3-13-5(8)10)9-2-4-14-6(9)11;1-7(2)5(6)8(3)4;;1-4(2)3;2*2-1(3)4;1-7(2,3,4,5)6;;;;/h5-7H,1-4H3;3-6H,2H2,1H3;4H,3H2,1-2H3;1-4H2;5H,1-4H3;1H4;;;;;4*1H/q3*+1;;;;+1;;;-1;;;;/p-2/i/hT. The third-order valence-electron chi connectivity index (χ3n) is 7.77. The quantitative estimate of drug-likeness (QED) is 0.0220. The molecule has 6 rings (SSSR count). The molecule has 0 aromatic carbocycles. The van der Waals surface area contributed by atoms with Crippen molar-refractivity contribution in [2.75, 3.05) is 82.7 Å². The Balaban J connectivity index is -0.000000131. The van der Waals surface area contributed by atoms with Crippen LogP contribution in [0.25, 0.3) is 11.2 Å². The van der Waals surface area contributed by atoms with Gasteiger partial charge in [0.25, 0.3) is 1.45 Å². The number of ether oxygens (including phenoxy) is 2. The molecular weight excluding hydrogens is 1410 g/mol. The van der Waals surface area contributed by atoms with Crippen LogP contribution in [-0.4, -0.2) is 175 Å². The summed E-state index contributed by atoms with van der Waals surface area (Å²) in [6.45, 7) is 5.21. The first-order valence-electron chi connectivity index (χ1n) is 21.1. The Kier molecular flexibility index (Phi) is 48.4. The van der Waals surface area contributed by atoms with Crippen molar-refractivity contribution in [3.05, 3.63) is 67.5 Å². The van der Waals surface area contributed by atoms with Gasteiger partial charge in [-0.3, -0.25) is 59.2 Å². The number of pyridine rings is 2. The predicted molar refractivity (Wildman–Crippen MR) is 290 cm³/mol. The van der Waals surface area contributed by atoms with Crippen LogP contribution in [0, 0.1) is 12.1 Å². The average Bonchev–Trinajstić information content (AvgIpc) is 4.10. The second-order valence-corrected chi connectivity index (χ2v) is 24.3. The maximum Gasteiger partial charge on any atom is 0.532 e. The summed E-state index contributed by atoms with van der Waals surface area (Å²) in [5, 5.41) is 17.7. The molecule has 4 aromatic rings. The van der Waals surface area contributed by atoms with E-state index in [2.05, 4.69) is 107 Å². The Labute approximate surface area is 496 Å². The van der Waals surface area contributed by atoms with Gasteiger partial charge >= 0.3 is 97.2 Å². The van der Waals surface area contributed by atoms with Crippen LogP contribution < -0.4 is 23.4 Å². The molecule has 1 atom stereocenters. The van der Waals surface area contributed by atoms with Crippen molar-refractivity contribution in [2.45, 2.75) is 47.7 Å². The Hall–Kier alpha value is -3.64. The number of amides is 2. The molecular formula is C35H60B3Br2Cl2F17N12O7P3S+. The van der Waals surface area contributed by atoms with Crippen molar-refractivity contribution >= 4 is 139 Å². The number of alkyl halides is 1. The fourth-order valence-corrected chi connectivity index (χ4v) is 9.48. The van der Waals surface area contributed by atoms with E-state index in [-0.39, 0.29) is 47.8 Å². The van der Waals surface area contributed by atoms with Gasteiger partial charge in [-0.05, 0) is 71.5 Å². The van der Waals surface area contributed by atoms with Crippen LogP contribution in [0.3, 0.4) is 0 Å². The molecule has 1 unspecified atom stereocenters. The third-order valence-corrected chi connectivity index (χ3v) is 13.4. The second-order valence-electron chi connectivity index (χ2n) is 14.7. The van der Waals surface area contributed by atoms with Crippen LogP contribution in [0.15, 0.2) is 56.6 Å². The minimum atomic E-state index is -10.7. The van der Waals surface area contributed by atoms with E-state index in [0.29, 0.717) is 16.0 Å². The zero-order valence-electron chi connectivity index (χ0n) is 45.1. The van der Waals surface area contributed by atoms with Crippen LogP contribution >= 0.6 is 87.3 Å². The van der Waals surface area contributed by atoms with Gasteiger partial charge < -0.3 is 24.1 Å². The first-order valence-corrected chi connectivity index (χ1v) is 30.0. The number of nitrogens with zero attached hydrogens (tertiary/aromatic N) is 12. The van der Waals surface area contributed by atoms with Gasteiger partial charge in [-0.25, -0.2) is 23.3 Å². The second kappa shape index (κ2) is 43.1. The molecule has 0 bridgehead atoms. The van der Waals surface area contributed by atoms with Gasteiger partial charge in [0.1, 0.15) is 32.5 Å². The summed E-state index contributed by atoms with van der Waals surface area (Å²) in [4.78, 5) is 31.7. The van der Waals surface area contributed by atoms with Gasteiger partial charge in [0, 0.05) is 56.1 Å². The van der Waals surface area contributed by atoms with Crippen LogP contribution in [0.4, 0.5) is 74.5 Å². The fourth-order valence-electron chi connectivity index (χ4n) is 5.10. The predicted octanol–water partition coefficient (Wildman–Crippen LogP) is 5.73. The topological polar surface area (TPSA) is 171 Å². The number of aryl methyl sites for hydroxylation is 2. The average molecular weight is 1470 g/mol. The van der Waals surface area contributed by atoms with Crippen LogP contribution in [0.2, 0.25) is 0 Å². The Bertz CT molecular complexity index is 2470. The number of carbonyl (C=O) groups is 2. The number of halogens is 21. The molecule has 0 saturated carbocycles. The van der Waals surface area contributed by atoms with Crippen molar-refractivity contribution in [1.29, 1.82) is 1.45 Å². The molecule has 19 nitrogen and oxygen atoms in total. The molecule has 2 saturated heterocycles. The summed E-state index contributed by atoms with van der Waals surface area (Å²) in [5.41, 5.74) is 2.32. The molecule has 82 heavy (non-hydrogen) atoms. The molecule has 0 aliphatic carbocycles. The molecule has 478 valence electrons. The van der Waals surface area contributed by atoms with E-state index in [1.54, 1.807) is 56.5 Å². The van der Waals surface area contributed by atoms with E-state index in [9.17, 15) is 74.8 Å². The summed E-state index contributed by atoms with van der Waals surface area (Å²) in [7, 11) is -1.12. The summed E-state index contributed by atoms with van der Waals surface area (Å²) >= 11 is 18.9. The summed E-state index contributed by atoms with van der Waals surface area (Å²) < 4.78 is 185. The molecule has 2 fully saturated rings. The summed E-state index contributed by atoms with van der Waals surface area (Å²) in [6, 6.07) is 9.66. The van der Waals surface area contributed by atoms with E-state index in [0.717, 1.165) is 33.0 Å². The van der Waals surface area contributed by atoms with E-state index < -0.39 is 55.3 Å². The minimum absolute atomic E-state index is 0. The van der Waals surface area contributed by atoms with E-state index >= 15 is 0 Å². The van der Waals surface area contributed by atoms with E-state index in [1.807, 2.05) is 68.1 Å². The Morgan fingerprint density at radius 2 is 1.33 bits per heavy atom. The minimum Gasteiger partial charge on any atom is -1.00 e. The van der Waals surface area contributed by atoms with Crippen molar-refractivity contribution in [1.82, 2.24) is 38.9 Å². The molecule has 4 aromatic heterocycles. The van der Waals surface area contributed by atoms with Gasteiger partial charge in [0.15, 0.2) is 23.1 Å². The number of aromatic nitrogens is 6. The number of hydrogen-bond acceptors (Lipinski definition) is 12. The van der Waals surface area contributed by atoms with E-state index in [1.165, 1.54) is 19.4 Å². The zero-order valence-corrected chi connectivity index (χ0v) is 52.3. The largest absolute Gasteiger partial charge is 1.00 e. The molecule has 0 N–H and O–H groups in total. The van der Waals surface area contributed by atoms with Gasteiger partial charge in [0.2, 0.25) is 16.5 Å². The van der Waals surface area contributed by atoms with Crippen molar-refractivity contribution < 1.29 is 121 Å². The smallest absolute Gasteiger partial charge is 0.532 e. The van der Waals surface area contributed by atoms with Gasteiger partial charge in [0.05, 0.1) is 46.7 Å². The van der Waals surface area contributed by atoms with Crippen molar-refractivity contribution in [3.63, 3.8) is 0 Å². The first-order chi connectivity index (χ1) is 35.8. The summed E-state index contributed by atoms with van der Waals surface area (Å²) in [5.74, 6) is 0.789. The molecule has 6 heterocycles. The Morgan fingerprint density at radius 3 is 1.57 bits per heavy atom. The fraction of sp³-hybridized carbons (Fsp3) is 0.543. The molecule has 2 radical (unpaired) electrons. The monoisotopic (exact) mass is 1470 g/mol. The molecule has 2 aliphatic rings. The first kappa shape index (κ1) is 92.1. The zero-order chi connectivity index (χ0) is 63.0. The van der Waals surface area contributed by atoms with Crippen molar-refractivity contribution in [3.8, 4) is 0 Å². The van der Waals surface area contributed by atoms with Gasteiger partial charge in [-0.2, -0.15) is 9.13 Å². The van der Waals surface area contributed by atoms with Gasteiger partial charge in [-0.1, -0.05) is 28.0 Å². The maximum absolute atomic E-state index is 12.5. The van der Waals surface area contributed by atoms with Crippen LogP contribution in [0.1, 0.15) is 27.0 Å². The number of fused-ring (bicyclic) bond motifs is 1. The summed E-state index contributed by atoms with van der Waals surface area (Å²) in [6.07, 6.45) is 1.12. The third kappa shape index (κ3) is 43.9. The SMILES string of the molecule is C.CC[n+]1c(C)csc1Br.CC[n+]1ccccc1Br.CN(C)C(F)N(C)C.CN(C)C(n1n[n+]([O-])c2ncccc21)=[N+](C)C.F.FB(F)F.FB(F)F.F[P-](F)(F)(F)(F)F.O=C1OCCN1P(=O)(Cl)N1CCOC1=O.[3H]F.[B][P+](=O)Cl.[F-].[F-]. The van der Waals surface area contributed by atoms with Crippen LogP contribution in [-0.2, 0) is 31.7 Å². The number of thiazole rings is 1.